The van der Waals surface area contributed by atoms with Crippen molar-refractivity contribution in [1.82, 2.24) is 5.32 Å². The van der Waals surface area contributed by atoms with Crippen molar-refractivity contribution in [2.75, 3.05) is 18.5 Å². The number of halogens is 2. The van der Waals surface area contributed by atoms with Crippen molar-refractivity contribution in [1.29, 1.82) is 0 Å². The Morgan fingerprint density at radius 3 is 2.20 bits per heavy atom. The van der Waals surface area contributed by atoms with Gasteiger partial charge in [-0.1, -0.05) is 54.5 Å². The van der Waals surface area contributed by atoms with E-state index in [0.717, 1.165) is 22.3 Å². The summed E-state index contributed by atoms with van der Waals surface area (Å²) in [6, 6.07) is 16.8. The molecule has 35 heavy (non-hydrogen) atoms. The number of hydrogen-bond acceptors (Lipinski definition) is 4. The number of nitrogens with one attached hydrogen (secondary N) is 2. The van der Waals surface area contributed by atoms with Crippen molar-refractivity contribution < 1.29 is 33.0 Å². The smallest absolute Gasteiger partial charge is 0.407 e. The predicted molar refractivity (Wildman–Crippen MR) is 123 cm³/mol. The van der Waals surface area contributed by atoms with E-state index < -0.39 is 40.9 Å². The van der Waals surface area contributed by atoms with E-state index in [1.165, 1.54) is 0 Å². The van der Waals surface area contributed by atoms with E-state index in [1.54, 1.807) is 0 Å². The number of aromatic carboxylic acids is 1. The molecular weight excluding hydrogens is 458 g/mol. The van der Waals surface area contributed by atoms with Crippen LogP contribution in [0.5, 0.6) is 0 Å². The topological polar surface area (TPSA) is 105 Å². The largest absolute Gasteiger partial charge is 0.478 e. The molecule has 0 heterocycles. The van der Waals surface area contributed by atoms with Crippen LogP contribution in [-0.2, 0) is 9.53 Å². The Kier molecular flexibility index (Phi) is 6.73. The molecule has 0 saturated carbocycles. The second kappa shape index (κ2) is 10.1. The Labute approximate surface area is 198 Å². The third-order valence-electron chi connectivity index (χ3n) is 5.40. The number of rotatable bonds is 5. The number of carbonyl (C=O) groups excluding carboxylic acids is 2. The summed E-state index contributed by atoms with van der Waals surface area (Å²) < 4.78 is 32.6. The number of ether oxygens (including phenoxy) is 1. The van der Waals surface area contributed by atoms with E-state index in [4.69, 9.17) is 9.84 Å². The first-order valence-electron chi connectivity index (χ1n) is 10.5. The van der Waals surface area contributed by atoms with E-state index >= 15 is 0 Å². The first-order chi connectivity index (χ1) is 16.8. The van der Waals surface area contributed by atoms with Gasteiger partial charge in [-0.15, -0.1) is 0 Å². The highest BCUT2D eigenvalue weighted by atomic mass is 19.1. The lowest BCUT2D eigenvalue weighted by Crippen LogP contribution is -2.26. The van der Waals surface area contributed by atoms with Crippen molar-refractivity contribution in [3.63, 3.8) is 0 Å². The number of anilines is 1. The Balaban J connectivity index is 1.30. The lowest BCUT2D eigenvalue weighted by molar-refractivity contribution is -0.111. The standard InChI is InChI=1S/C26H18F2N2O5/c27-21-13-22(28)23(12-19(21)25(32)33)30-24(31)10-5-11-29-26(34)35-14-20-17-8-3-1-6-15(17)16-7-2-4-9-18(16)20/h1-4,6-9,12-13,20H,11,14H2,(H,29,34)(H,30,31)(H,32,33). The van der Waals surface area contributed by atoms with Crippen LogP contribution in [0.25, 0.3) is 11.1 Å². The minimum absolute atomic E-state index is 0.105. The number of carbonyl (C=O) groups is 3. The maximum Gasteiger partial charge on any atom is 0.407 e. The number of benzene rings is 3. The summed E-state index contributed by atoms with van der Waals surface area (Å²) in [4.78, 5) is 34.9. The molecule has 3 aromatic rings. The number of alkyl carbamates (subject to hydrolysis) is 1. The Bertz CT molecular complexity index is 1350. The number of carboxylic acids is 1. The van der Waals surface area contributed by atoms with Gasteiger partial charge >= 0.3 is 12.1 Å². The van der Waals surface area contributed by atoms with Crippen LogP contribution in [0.3, 0.4) is 0 Å². The fraction of sp³-hybridized carbons (Fsp3) is 0.115. The second-order valence-electron chi connectivity index (χ2n) is 7.55. The fourth-order valence-corrected chi connectivity index (χ4v) is 3.85. The van der Waals surface area contributed by atoms with Gasteiger partial charge in [-0.2, -0.15) is 0 Å². The van der Waals surface area contributed by atoms with Crippen LogP contribution in [0.1, 0.15) is 27.4 Å². The second-order valence-corrected chi connectivity index (χ2v) is 7.55. The molecule has 0 saturated heterocycles. The fourth-order valence-electron chi connectivity index (χ4n) is 3.85. The van der Waals surface area contributed by atoms with E-state index in [0.29, 0.717) is 12.1 Å². The Morgan fingerprint density at radius 2 is 1.57 bits per heavy atom. The summed E-state index contributed by atoms with van der Waals surface area (Å²) in [7, 11) is 0. The first kappa shape index (κ1) is 23.4. The summed E-state index contributed by atoms with van der Waals surface area (Å²) in [6.07, 6.45) is -0.725. The molecule has 3 aromatic carbocycles. The van der Waals surface area contributed by atoms with Crippen molar-refractivity contribution in [2.24, 2.45) is 0 Å². The maximum atomic E-state index is 13.8. The van der Waals surface area contributed by atoms with Gasteiger partial charge in [-0.05, 0) is 34.2 Å². The highest BCUT2D eigenvalue weighted by molar-refractivity contribution is 6.04. The van der Waals surface area contributed by atoms with Crippen LogP contribution < -0.4 is 10.6 Å². The molecular formula is C26H18F2N2O5. The quantitative estimate of drug-likeness (QED) is 0.480. The third-order valence-corrected chi connectivity index (χ3v) is 5.40. The molecule has 1 aliphatic rings. The van der Waals surface area contributed by atoms with Gasteiger partial charge in [0, 0.05) is 12.0 Å². The molecule has 1 aliphatic carbocycles. The third kappa shape index (κ3) is 5.12. The monoisotopic (exact) mass is 476 g/mol. The maximum absolute atomic E-state index is 13.8. The molecule has 0 unspecified atom stereocenters. The number of carboxylic acid groups (broad SMARTS) is 1. The SMILES string of the molecule is O=C(C#CCNC(=O)OCC1c2ccccc2-c2ccccc21)Nc1cc(C(=O)O)c(F)cc1F. The number of amides is 2. The molecule has 0 aromatic heterocycles. The summed E-state index contributed by atoms with van der Waals surface area (Å²) in [6.45, 7) is -0.111. The van der Waals surface area contributed by atoms with Crippen LogP contribution in [0.2, 0.25) is 0 Å². The molecule has 0 aliphatic heterocycles. The number of fused-ring (bicyclic) bond motifs is 3. The average Bonchev–Trinajstić information content (AvgIpc) is 3.16. The van der Waals surface area contributed by atoms with E-state index in [2.05, 4.69) is 17.2 Å². The highest BCUT2D eigenvalue weighted by Crippen LogP contribution is 2.44. The zero-order valence-corrected chi connectivity index (χ0v) is 18.1. The minimum Gasteiger partial charge on any atom is -0.478 e. The van der Waals surface area contributed by atoms with Gasteiger partial charge in [0.15, 0.2) is 0 Å². The molecule has 0 atom stereocenters. The van der Waals surface area contributed by atoms with Gasteiger partial charge < -0.3 is 20.5 Å². The molecule has 2 amide bonds. The van der Waals surface area contributed by atoms with Gasteiger partial charge in [-0.25, -0.2) is 18.4 Å². The molecule has 0 bridgehead atoms. The summed E-state index contributed by atoms with van der Waals surface area (Å²) in [5.41, 5.74) is 3.00. The van der Waals surface area contributed by atoms with Gasteiger partial charge in [0.05, 0.1) is 17.8 Å². The van der Waals surface area contributed by atoms with Crippen LogP contribution in [0.15, 0.2) is 60.7 Å². The summed E-state index contributed by atoms with van der Waals surface area (Å²) >= 11 is 0. The molecule has 7 nitrogen and oxygen atoms in total. The number of hydrogen-bond donors (Lipinski definition) is 3. The molecule has 176 valence electrons. The molecule has 0 spiro atoms. The predicted octanol–water partition coefficient (Wildman–Crippen LogP) is 4.14. The Hall–Kier alpha value is -4.71. The molecule has 0 fully saturated rings. The van der Waals surface area contributed by atoms with Crippen LogP contribution in [0.4, 0.5) is 19.3 Å². The van der Waals surface area contributed by atoms with Gasteiger partial charge in [0.1, 0.15) is 18.2 Å². The van der Waals surface area contributed by atoms with E-state index in [-0.39, 0.29) is 19.1 Å². The van der Waals surface area contributed by atoms with Crippen molar-refractivity contribution in [2.45, 2.75) is 5.92 Å². The van der Waals surface area contributed by atoms with Gasteiger partial charge in [-0.3, -0.25) is 4.79 Å². The minimum atomic E-state index is -1.61. The molecule has 0 radical (unpaired) electrons. The van der Waals surface area contributed by atoms with Gasteiger partial charge in [0.25, 0.3) is 5.91 Å². The molecule has 9 heteroatoms. The summed E-state index contributed by atoms with van der Waals surface area (Å²) in [5, 5.41) is 13.3. The van der Waals surface area contributed by atoms with Crippen LogP contribution in [-0.4, -0.2) is 36.2 Å². The first-order valence-corrected chi connectivity index (χ1v) is 10.5. The van der Waals surface area contributed by atoms with E-state index in [9.17, 15) is 23.2 Å². The van der Waals surface area contributed by atoms with Crippen molar-refractivity contribution in [3.8, 4) is 23.0 Å². The molecule has 4 rings (SSSR count). The van der Waals surface area contributed by atoms with Crippen LogP contribution >= 0.6 is 0 Å². The van der Waals surface area contributed by atoms with Crippen molar-refractivity contribution >= 4 is 23.7 Å². The van der Waals surface area contributed by atoms with Crippen molar-refractivity contribution in [3.05, 3.63) is 89.0 Å². The molecule has 3 N–H and O–H groups in total. The van der Waals surface area contributed by atoms with E-state index in [1.807, 2.05) is 53.8 Å². The average molecular weight is 476 g/mol. The summed E-state index contributed by atoms with van der Waals surface area (Å²) in [5.74, 6) is -0.617. The van der Waals surface area contributed by atoms with Gasteiger partial charge in [0.2, 0.25) is 0 Å². The normalized spacial score (nSPS) is 11.5. The lowest BCUT2D eigenvalue weighted by Gasteiger charge is -2.14. The van der Waals surface area contributed by atoms with Crippen LogP contribution in [0, 0.1) is 23.5 Å². The zero-order valence-electron chi connectivity index (χ0n) is 18.1. The zero-order chi connectivity index (χ0) is 24.9. The lowest BCUT2D eigenvalue weighted by atomic mass is 9.98. The highest BCUT2D eigenvalue weighted by Gasteiger charge is 2.28. The Morgan fingerprint density at radius 1 is 0.943 bits per heavy atom.